The lowest BCUT2D eigenvalue weighted by Gasteiger charge is -2.24. The van der Waals surface area contributed by atoms with Gasteiger partial charge in [-0.25, -0.2) is 0 Å². The van der Waals surface area contributed by atoms with Crippen molar-refractivity contribution >= 4 is 5.78 Å². The Labute approximate surface area is 179 Å². The molecule has 0 fully saturated rings. The standard InChI is InChI=1S/C24H25NO6/c1-15-12-20(27)23(29)24(31-15)21(22(28)17-8-10-19(30-2)11-9-17)25-18(14-26)13-16-6-4-3-5-7-16/h3-12,18,21,25-26,29H,13-14H2,1-2H3. The van der Waals surface area contributed by atoms with Crippen LogP contribution in [0.4, 0.5) is 0 Å². The summed E-state index contributed by atoms with van der Waals surface area (Å²) in [6.07, 6.45) is 0.431. The quantitative estimate of drug-likeness (QED) is 0.454. The number of carbonyl (C=O) groups excluding carboxylic acids is 1. The first-order valence-electron chi connectivity index (χ1n) is 9.85. The molecule has 2 unspecified atom stereocenters. The van der Waals surface area contributed by atoms with Crippen LogP contribution in [-0.4, -0.2) is 35.8 Å². The largest absolute Gasteiger partial charge is 0.502 e. The normalized spacial score (nSPS) is 12.9. The molecule has 2 atom stereocenters. The minimum Gasteiger partial charge on any atom is -0.502 e. The van der Waals surface area contributed by atoms with Crippen LogP contribution < -0.4 is 15.5 Å². The van der Waals surface area contributed by atoms with Crippen molar-refractivity contribution < 1.29 is 24.2 Å². The Bertz CT molecular complexity index is 1080. The van der Waals surface area contributed by atoms with Crippen molar-refractivity contribution in [1.82, 2.24) is 5.32 Å². The van der Waals surface area contributed by atoms with Crippen LogP contribution in [0, 0.1) is 6.92 Å². The molecule has 0 aliphatic rings. The summed E-state index contributed by atoms with van der Waals surface area (Å²) in [7, 11) is 1.52. The number of aromatic hydroxyl groups is 1. The van der Waals surface area contributed by atoms with E-state index >= 15 is 0 Å². The third kappa shape index (κ3) is 5.39. The Morgan fingerprint density at radius 1 is 1.13 bits per heavy atom. The van der Waals surface area contributed by atoms with E-state index < -0.39 is 29.0 Å². The molecule has 3 rings (SSSR count). The molecule has 0 saturated heterocycles. The number of aliphatic hydroxyl groups is 1. The maximum Gasteiger partial charge on any atom is 0.227 e. The topological polar surface area (TPSA) is 109 Å². The van der Waals surface area contributed by atoms with Gasteiger partial charge in [0, 0.05) is 17.7 Å². The van der Waals surface area contributed by atoms with E-state index in [1.165, 1.54) is 7.11 Å². The Morgan fingerprint density at radius 2 is 1.81 bits per heavy atom. The minimum atomic E-state index is -1.18. The second-order valence-corrected chi connectivity index (χ2v) is 7.20. The molecule has 0 radical (unpaired) electrons. The number of rotatable bonds is 9. The zero-order valence-corrected chi connectivity index (χ0v) is 17.4. The summed E-state index contributed by atoms with van der Waals surface area (Å²) in [5, 5.41) is 23.4. The van der Waals surface area contributed by atoms with Gasteiger partial charge in [0.1, 0.15) is 17.6 Å². The molecule has 7 nitrogen and oxygen atoms in total. The van der Waals surface area contributed by atoms with Gasteiger partial charge < -0.3 is 19.4 Å². The molecule has 0 aliphatic carbocycles. The van der Waals surface area contributed by atoms with Gasteiger partial charge in [0.2, 0.25) is 11.2 Å². The van der Waals surface area contributed by atoms with Gasteiger partial charge in [-0.2, -0.15) is 0 Å². The van der Waals surface area contributed by atoms with Gasteiger partial charge in [-0.1, -0.05) is 30.3 Å². The lowest BCUT2D eigenvalue weighted by molar-refractivity contribution is 0.0907. The highest BCUT2D eigenvalue weighted by Gasteiger charge is 2.31. The molecular weight excluding hydrogens is 398 g/mol. The number of methoxy groups -OCH3 is 1. The van der Waals surface area contributed by atoms with Crippen LogP contribution in [0.15, 0.2) is 69.9 Å². The second kappa shape index (κ2) is 10.1. The van der Waals surface area contributed by atoms with Crippen molar-refractivity contribution in [2.75, 3.05) is 13.7 Å². The van der Waals surface area contributed by atoms with Gasteiger partial charge >= 0.3 is 0 Å². The molecule has 162 valence electrons. The first-order valence-corrected chi connectivity index (χ1v) is 9.85. The van der Waals surface area contributed by atoms with Crippen LogP contribution in [0.3, 0.4) is 0 Å². The number of aryl methyl sites for hydroxylation is 1. The van der Waals surface area contributed by atoms with E-state index in [1.54, 1.807) is 31.2 Å². The van der Waals surface area contributed by atoms with E-state index in [0.717, 1.165) is 11.6 Å². The fraction of sp³-hybridized carbons (Fsp3) is 0.250. The van der Waals surface area contributed by atoms with Gasteiger partial charge in [-0.05, 0) is 43.2 Å². The summed E-state index contributed by atoms with van der Waals surface area (Å²) in [5.74, 6) is -0.393. The Hall–Kier alpha value is -3.42. The summed E-state index contributed by atoms with van der Waals surface area (Å²) in [4.78, 5) is 25.5. The predicted molar refractivity (Wildman–Crippen MR) is 116 cm³/mol. The molecule has 3 N–H and O–H groups in total. The molecular formula is C24H25NO6. The summed E-state index contributed by atoms with van der Waals surface area (Å²) in [6, 6.07) is 15.4. The third-order valence-electron chi connectivity index (χ3n) is 4.92. The van der Waals surface area contributed by atoms with Crippen LogP contribution in [0.5, 0.6) is 11.5 Å². The monoisotopic (exact) mass is 423 g/mol. The first-order chi connectivity index (χ1) is 14.9. The molecule has 1 aromatic heterocycles. The van der Waals surface area contributed by atoms with Crippen molar-refractivity contribution in [2.45, 2.75) is 25.4 Å². The lowest BCUT2D eigenvalue weighted by atomic mass is 9.98. The average Bonchev–Trinajstić information content (AvgIpc) is 2.79. The SMILES string of the molecule is COc1ccc(C(=O)C(NC(CO)Cc2ccccc2)c2oc(C)cc(=O)c2O)cc1. The number of ether oxygens (including phenoxy) is 1. The van der Waals surface area contributed by atoms with Crippen LogP contribution >= 0.6 is 0 Å². The highest BCUT2D eigenvalue weighted by molar-refractivity contribution is 6.00. The number of benzene rings is 2. The fourth-order valence-electron chi connectivity index (χ4n) is 3.32. The summed E-state index contributed by atoms with van der Waals surface area (Å²) in [6.45, 7) is 1.30. The molecule has 3 aromatic rings. The number of hydrogen-bond acceptors (Lipinski definition) is 7. The number of ketones is 1. The Morgan fingerprint density at radius 3 is 2.42 bits per heavy atom. The smallest absolute Gasteiger partial charge is 0.227 e. The maximum atomic E-state index is 13.4. The van der Waals surface area contributed by atoms with Crippen LogP contribution in [0.1, 0.15) is 33.5 Å². The average molecular weight is 423 g/mol. The van der Waals surface area contributed by atoms with E-state index in [0.29, 0.717) is 17.7 Å². The Balaban J connectivity index is 1.99. The Kier molecular flexibility index (Phi) is 7.23. The van der Waals surface area contributed by atoms with Gasteiger partial charge in [0.15, 0.2) is 11.5 Å². The second-order valence-electron chi connectivity index (χ2n) is 7.20. The fourth-order valence-corrected chi connectivity index (χ4v) is 3.32. The van der Waals surface area contributed by atoms with Crippen molar-refractivity contribution in [2.24, 2.45) is 0 Å². The van der Waals surface area contributed by atoms with Crippen molar-refractivity contribution in [1.29, 1.82) is 0 Å². The van der Waals surface area contributed by atoms with Gasteiger partial charge in [0.25, 0.3) is 0 Å². The molecule has 2 aromatic carbocycles. The number of nitrogens with one attached hydrogen (secondary N) is 1. The van der Waals surface area contributed by atoms with Gasteiger partial charge in [-0.15, -0.1) is 0 Å². The lowest BCUT2D eigenvalue weighted by Crippen LogP contribution is -2.41. The molecule has 0 amide bonds. The number of carbonyl (C=O) groups is 1. The summed E-state index contributed by atoms with van der Waals surface area (Å²) >= 11 is 0. The third-order valence-corrected chi connectivity index (χ3v) is 4.92. The number of Topliss-reactive ketones (excluding diaryl/α,β-unsaturated/α-hetero) is 1. The van der Waals surface area contributed by atoms with E-state index in [-0.39, 0.29) is 18.1 Å². The molecule has 31 heavy (non-hydrogen) atoms. The van der Waals surface area contributed by atoms with Crippen LogP contribution in [0.25, 0.3) is 0 Å². The van der Waals surface area contributed by atoms with E-state index in [2.05, 4.69) is 5.32 Å². The predicted octanol–water partition coefficient (Wildman–Crippen LogP) is 2.78. The molecule has 0 bridgehead atoms. The van der Waals surface area contributed by atoms with Crippen molar-refractivity contribution in [3.8, 4) is 11.5 Å². The van der Waals surface area contributed by atoms with Crippen LogP contribution in [-0.2, 0) is 6.42 Å². The molecule has 0 aliphatic heterocycles. The molecule has 7 heteroatoms. The highest BCUT2D eigenvalue weighted by Crippen LogP contribution is 2.27. The van der Waals surface area contributed by atoms with Crippen molar-refractivity contribution in [3.05, 3.63) is 93.5 Å². The van der Waals surface area contributed by atoms with E-state index in [1.807, 2.05) is 30.3 Å². The summed E-state index contributed by atoms with van der Waals surface area (Å²) < 4.78 is 10.7. The molecule has 0 spiro atoms. The van der Waals surface area contributed by atoms with Crippen LogP contribution in [0.2, 0.25) is 0 Å². The number of hydrogen-bond donors (Lipinski definition) is 3. The highest BCUT2D eigenvalue weighted by atomic mass is 16.5. The number of aliphatic hydroxyl groups excluding tert-OH is 1. The zero-order chi connectivity index (χ0) is 22.4. The van der Waals surface area contributed by atoms with E-state index in [4.69, 9.17) is 9.15 Å². The van der Waals surface area contributed by atoms with Gasteiger partial charge in [-0.3, -0.25) is 14.9 Å². The summed E-state index contributed by atoms with van der Waals surface area (Å²) in [5.41, 5.74) is 0.648. The minimum absolute atomic E-state index is 0.183. The first kappa shape index (κ1) is 22.3. The zero-order valence-electron chi connectivity index (χ0n) is 17.4. The maximum absolute atomic E-state index is 13.4. The molecule has 1 heterocycles. The van der Waals surface area contributed by atoms with E-state index in [9.17, 15) is 19.8 Å². The van der Waals surface area contributed by atoms with Crippen molar-refractivity contribution in [3.63, 3.8) is 0 Å². The molecule has 0 saturated carbocycles. The van der Waals surface area contributed by atoms with Gasteiger partial charge in [0.05, 0.1) is 13.7 Å².